The van der Waals surface area contributed by atoms with E-state index in [-0.39, 0.29) is 5.91 Å². The zero-order valence-electron chi connectivity index (χ0n) is 14.9. The van der Waals surface area contributed by atoms with Gasteiger partial charge in [-0.15, -0.1) is 23.1 Å². The van der Waals surface area contributed by atoms with Gasteiger partial charge in [-0.25, -0.2) is 4.98 Å². The average Bonchev–Trinajstić information content (AvgIpc) is 3.18. The molecule has 1 aliphatic rings. The Morgan fingerprint density at radius 1 is 1.15 bits per heavy atom. The van der Waals surface area contributed by atoms with Crippen molar-refractivity contribution in [2.45, 2.75) is 11.8 Å². The van der Waals surface area contributed by atoms with Crippen LogP contribution < -0.4 is 14.8 Å². The van der Waals surface area contributed by atoms with Crippen LogP contribution in [-0.4, -0.2) is 30.4 Å². The SMILES string of the molecule is CSc1cc2c(cc1NC(=O)c1csc(-c3ccc(C)cc3)n1)OCCO2. The van der Waals surface area contributed by atoms with Crippen LogP contribution in [0.2, 0.25) is 0 Å². The Morgan fingerprint density at radius 3 is 2.56 bits per heavy atom. The first-order chi connectivity index (χ1) is 13.1. The molecule has 138 valence electrons. The number of benzene rings is 2. The van der Waals surface area contributed by atoms with Crippen LogP contribution in [-0.2, 0) is 0 Å². The average molecular weight is 399 g/mol. The highest BCUT2D eigenvalue weighted by Gasteiger charge is 2.19. The van der Waals surface area contributed by atoms with Gasteiger partial charge in [-0.2, -0.15) is 0 Å². The van der Waals surface area contributed by atoms with Crippen molar-refractivity contribution >= 4 is 34.7 Å². The molecule has 3 aromatic rings. The van der Waals surface area contributed by atoms with Crippen molar-refractivity contribution in [1.82, 2.24) is 4.98 Å². The molecule has 0 bridgehead atoms. The third kappa shape index (κ3) is 3.79. The predicted molar refractivity (Wildman–Crippen MR) is 109 cm³/mol. The summed E-state index contributed by atoms with van der Waals surface area (Å²) in [4.78, 5) is 18.1. The van der Waals surface area contributed by atoms with E-state index in [1.165, 1.54) is 16.9 Å². The van der Waals surface area contributed by atoms with E-state index in [0.717, 1.165) is 15.5 Å². The largest absolute Gasteiger partial charge is 0.486 e. The summed E-state index contributed by atoms with van der Waals surface area (Å²) in [5.41, 5.74) is 3.30. The van der Waals surface area contributed by atoms with Crippen molar-refractivity contribution in [2.75, 3.05) is 24.8 Å². The molecule has 1 aromatic heterocycles. The van der Waals surface area contributed by atoms with E-state index >= 15 is 0 Å². The molecule has 0 saturated carbocycles. The van der Waals surface area contributed by atoms with E-state index in [1.54, 1.807) is 17.1 Å². The van der Waals surface area contributed by atoms with Crippen molar-refractivity contribution in [3.05, 3.63) is 53.0 Å². The monoisotopic (exact) mass is 398 g/mol. The standard InChI is InChI=1S/C20H18N2O3S2/c1-12-3-5-13(6-4-12)20-22-15(11-27-20)19(23)21-14-9-16-17(10-18(14)26-2)25-8-7-24-16/h3-6,9-11H,7-8H2,1-2H3,(H,21,23). The number of fused-ring (bicyclic) bond motifs is 1. The summed E-state index contributed by atoms with van der Waals surface area (Å²) in [5.74, 6) is 1.11. The Morgan fingerprint density at radius 2 is 1.85 bits per heavy atom. The van der Waals surface area contributed by atoms with Gasteiger partial charge in [-0.3, -0.25) is 4.79 Å². The summed E-state index contributed by atoms with van der Waals surface area (Å²) < 4.78 is 11.2. The Hall–Kier alpha value is -2.51. The van der Waals surface area contributed by atoms with E-state index in [1.807, 2.05) is 49.6 Å². The van der Waals surface area contributed by atoms with Gasteiger partial charge in [-0.1, -0.05) is 29.8 Å². The summed E-state index contributed by atoms with van der Waals surface area (Å²) in [6.07, 6.45) is 1.96. The molecule has 0 saturated heterocycles. The van der Waals surface area contributed by atoms with Gasteiger partial charge in [0.15, 0.2) is 11.5 Å². The van der Waals surface area contributed by atoms with Crippen LogP contribution in [0.5, 0.6) is 11.5 Å². The second-order valence-electron chi connectivity index (χ2n) is 6.05. The van der Waals surface area contributed by atoms with Gasteiger partial charge < -0.3 is 14.8 Å². The van der Waals surface area contributed by atoms with E-state index in [4.69, 9.17) is 9.47 Å². The molecule has 0 aliphatic carbocycles. The molecule has 0 unspecified atom stereocenters. The van der Waals surface area contributed by atoms with E-state index in [9.17, 15) is 4.79 Å². The summed E-state index contributed by atoms with van der Waals surface area (Å²) in [6.45, 7) is 3.08. The minimum absolute atomic E-state index is 0.239. The van der Waals surface area contributed by atoms with Crippen molar-refractivity contribution in [1.29, 1.82) is 0 Å². The fourth-order valence-corrected chi connectivity index (χ4v) is 4.09. The highest BCUT2D eigenvalue weighted by atomic mass is 32.2. The molecule has 27 heavy (non-hydrogen) atoms. The highest BCUT2D eigenvalue weighted by Crippen LogP contribution is 2.39. The second-order valence-corrected chi connectivity index (χ2v) is 7.76. The number of nitrogens with one attached hydrogen (secondary N) is 1. The number of thioether (sulfide) groups is 1. The van der Waals surface area contributed by atoms with Crippen LogP contribution in [0.4, 0.5) is 5.69 Å². The lowest BCUT2D eigenvalue weighted by molar-refractivity contribution is 0.102. The van der Waals surface area contributed by atoms with Gasteiger partial charge in [0.25, 0.3) is 5.91 Å². The Bertz CT molecular complexity index is 983. The van der Waals surface area contributed by atoms with Crippen LogP contribution in [0.3, 0.4) is 0 Å². The lowest BCUT2D eigenvalue weighted by Gasteiger charge is -2.20. The number of thiazole rings is 1. The molecule has 1 amide bonds. The fourth-order valence-electron chi connectivity index (χ4n) is 2.73. The van der Waals surface area contributed by atoms with Crippen molar-refractivity contribution in [3.8, 4) is 22.1 Å². The van der Waals surface area contributed by atoms with Crippen LogP contribution >= 0.6 is 23.1 Å². The topological polar surface area (TPSA) is 60.5 Å². The molecule has 4 rings (SSSR count). The molecule has 0 radical (unpaired) electrons. The van der Waals surface area contributed by atoms with Gasteiger partial charge in [-0.05, 0) is 19.2 Å². The molecule has 2 aromatic carbocycles. The van der Waals surface area contributed by atoms with E-state index < -0.39 is 0 Å². The lowest BCUT2D eigenvalue weighted by Crippen LogP contribution is -2.17. The van der Waals surface area contributed by atoms with Gasteiger partial charge in [0, 0.05) is 21.9 Å². The molecule has 7 heteroatoms. The second kappa shape index (κ2) is 7.62. The predicted octanol–water partition coefficient (Wildman–Crippen LogP) is 4.86. The third-order valence-corrected chi connectivity index (χ3v) is 5.82. The summed E-state index contributed by atoms with van der Waals surface area (Å²) in [6, 6.07) is 11.8. The fraction of sp³-hybridized carbons (Fsp3) is 0.200. The molecular weight excluding hydrogens is 380 g/mol. The summed E-state index contributed by atoms with van der Waals surface area (Å²) in [5, 5.41) is 5.56. The first-order valence-corrected chi connectivity index (χ1v) is 10.6. The minimum atomic E-state index is -0.239. The first-order valence-electron chi connectivity index (χ1n) is 8.45. The quantitative estimate of drug-likeness (QED) is 0.636. The van der Waals surface area contributed by atoms with Crippen LogP contribution in [0.25, 0.3) is 10.6 Å². The molecule has 1 aliphatic heterocycles. The summed E-state index contributed by atoms with van der Waals surface area (Å²) in [7, 11) is 0. The van der Waals surface area contributed by atoms with Gasteiger partial charge >= 0.3 is 0 Å². The maximum Gasteiger partial charge on any atom is 0.275 e. The number of aromatic nitrogens is 1. The Labute approximate surface area is 165 Å². The van der Waals surface area contributed by atoms with Crippen LogP contribution in [0.1, 0.15) is 16.1 Å². The number of nitrogens with zero attached hydrogens (tertiary/aromatic N) is 1. The van der Waals surface area contributed by atoms with Crippen LogP contribution in [0, 0.1) is 6.92 Å². The number of rotatable bonds is 4. The van der Waals surface area contributed by atoms with E-state index in [0.29, 0.717) is 36.1 Å². The van der Waals surface area contributed by atoms with Gasteiger partial charge in [0.05, 0.1) is 5.69 Å². The van der Waals surface area contributed by atoms with Crippen molar-refractivity contribution in [3.63, 3.8) is 0 Å². The Balaban J connectivity index is 1.57. The number of carbonyl (C=O) groups excluding carboxylic acids is 1. The first kappa shape index (κ1) is 17.9. The maximum atomic E-state index is 12.7. The normalized spacial score (nSPS) is 12.7. The third-order valence-electron chi connectivity index (χ3n) is 4.15. The highest BCUT2D eigenvalue weighted by molar-refractivity contribution is 7.98. The molecular formula is C20H18N2O3S2. The number of ether oxygens (including phenoxy) is 2. The molecule has 5 nitrogen and oxygen atoms in total. The zero-order chi connectivity index (χ0) is 18.8. The van der Waals surface area contributed by atoms with E-state index in [2.05, 4.69) is 10.3 Å². The summed E-state index contributed by atoms with van der Waals surface area (Å²) >= 11 is 3.00. The smallest absolute Gasteiger partial charge is 0.275 e. The lowest BCUT2D eigenvalue weighted by atomic mass is 10.2. The molecule has 0 atom stereocenters. The van der Waals surface area contributed by atoms with Crippen molar-refractivity contribution in [2.24, 2.45) is 0 Å². The number of hydrogen-bond acceptors (Lipinski definition) is 6. The Kier molecular flexibility index (Phi) is 5.05. The maximum absolute atomic E-state index is 12.7. The number of carbonyl (C=O) groups is 1. The van der Waals surface area contributed by atoms with Gasteiger partial charge in [0.2, 0.25) is 0 Å². The molecule has 0 fully saturated rings. The zero-order valence-corrected chi connectivity index (χ0v) is 16.6. The number of anilines is 1. The van der Waals surface area contributed by atoms with Crippen LogP contribution in [0.15, 0.2) is 46.7 Å². The molecule has 0 spiro atoms. The van der Waals surface area contributed by atoms with Crippen molar-refractivity contribution < 1.29 is 14.3 Å². The molecule has 1 N–H and O–H groups in total. The number of hydrogen-bond donors (Lipinski definition) is 1. The number of aryl methyl sites for hydroxylation is 1. The van der Waals surface area contributed by atoms with Gasteiger partial charge in [0.1, 0.15) is 23.9 Å². The minimum Gasteiger partial charge on any atom is -0.486 e. The molecule has 2 heterocycles. The number of amides is 1.